The van der Waals surface area contributed by atoms with Crippen LogP contribution in [0.5, 0.6) is 0 Å². The van der Waals surface area contributed by atoms with E-state index in [2.05, 4.69) is 20.8 Å². The highest BCUT2D eigenvalue weighted by atomic mass is 19.1. The molecule has 0 aliphatic rings. The highest BCUT2D eigenvalue weighted by Gasteiger charge is 2.23. The molecule has 0 fully saturated rings. The van der Waals surface area contributed by atoms with Gasteiger partial charge in [0.15, 0.2) is 6.10 Å². The Kier molecular flexibility index (Phi) is 6.88. The Morgan fingerprint density at radius 3 is 2.39 bits per heavy atom. The molecule has 0 aliphatic carbocycles. The van der Waals surface area contributed by atoms with E-state index in [1.165, 1.54) is 6.92 Å². The molecule has 31 heavy (non-hydrogen) atoms. The summed E-state index contributed by atoms with van der Waals surface area (Å²) in [5.41, 5.74) is 1.31. The average molecular weight is 426 g/mol. The van der Waals surface area contributed by atoms with Crippen LogP contribution in [0.3, 0.4) is 0 Å². The predicted molar refractivity (Wildman–Crippen MR) is 112 cm³/mol. The Morgan fingerprint density at radius 2 is 1.71 bits per heavy atom. The van der Waals surface area contributed by atoms with Gasteiger partial charge in [-0.15, -0.1) is 0 Å². The maximum absolute atomic E-state index is 13.3. The number of benzene rings is 2. The number of carbonyl (C=O) groups excluding carboxylic acids is 2. The molecule has 0 radical (unpaired) electrons. The quantitative estimate of drug-likeness (QED) is 0.466. The topological polar surface area (TPSA) is 107 Å². The third kappa shape index (κ3) is 6.06. The van der Waals surface area contributed by atoms with Crippen molar-refractivity contribution in [3.63, 3.8) is 0 Å². The summed E-state index contributed by atoms with van der Waals surface area (Å²) >= 11 is 0. The van der Waals surface area contributed by atoms with Crippen molar-refractivity contribution in [2.24, 2.45) is 0 Å². The van der Waals surface area contributed by atoms with Crippen LogP contribution < -0.4 is 10.6 Å². The van der Waals surface area contributed by atoms with Crippen LogP contribution in [-0.4, -0.2) is 33.2 Å². The van der Waals surface area contributed by atoms with Crippen LogP contribution in [0, 0.1) is 11.6 Å². The lowest BCUT2D eigenvalue weighted by atomic mass is 10.1. The predicted octanol–water partition coefficient (Wildman–Crippen LogP) is 3.04. The summed E-state index contributed by atoms with van der Waals surface area (Å²) in [6, 6.07) is 12.5. The minimum Gasteiger partial charge on any atom is -0.378 e. The lowest BCUT2D eigenvalue weighted by Crippen LogP contribution is -2.43. The van der Waals surface area contributed by atoms with E-state index in [1.54, 1.807) is 12.1 Å². The summed E-state index contributed by atoms with van der Waals surface area (Å²) in [5, 5.41) is 21.6. The first kappa shape index (κ1) is 21.8. The number of nitrogens with zero attached hydrogens (tertiary/aromatic N) is 1. The molecule has 0 spiro atoms. The minimum atomic E-state index is -1.83. The summed E-state index contributed by atoms with van der Waals surface area (Å²) in [6.07, 6.45) is 1.80. The number of aromatic nitrogens is 2. The van der Waals surface area contributed by atoms with Gasteiger partial charge in [-0.3, -0.25) is 14.7 Å². The van der Waals surface area contributed by atoms with Gasteiger partial charge in [0.05, 0.1) is 5.69 Å². The fourth-order valence-corrected chi connectivity index (χ4v) is 2.72. The van der Waals surface area contributed by atoms with Crippen LogP contribution in [0.2, 0.25) is 0 Å². The first-order chi connectivity index (χ1) is 14.8. The number of aliphatic hydroxyl groups excluding tert-OH is 1. The van der Waals surface area contributed by atoms with Gasteiger partial charge < -0.3 is 15.7 Å². The Balaban J connectivity index is 1.56. The van der Waals surface area contributed by atoms with Crippen molar-refractivity contribution in [2.75, 3.05) is 5.32 Å². The second-order valence-corrected chi connectivity index (χ2v) is 6.78. The number of rotatable bonds is 7. The van der Waals surface area contributed by atoms with Gasteiger partial charge in [0, 0.05) is 12.1 Å². The molecule has 0 unspecified atom stereocenters. The summed E-state index contributed by atoms with van der Waals surface area (Å²) in [5.74, 6) is -3.09. The van der Waals surface area contributed by atoms with Crippen molar-refractivity contribution in [3.05, 3.63) is 83.1 Å². The second-order valence-electron chi connectivity index (χ2n) is 6.78. The van der Waals surface area contributed by atoms with E-state index in [1.807, 2.05) is 36.4 Å². The number of hydrogen-bond acceptors (Lipinski definition) is 4. The number of nitrogens with one attached hydrogen (secondary N) is 3. The van der Waals surface area contributed by atoms with Crippen LogP contribution in [0.15, 0.2) is 54.6 Å². The molecule has 2 aromatic carbocycles. The number of aliphatic hydroxyl groups is 1. The van der Waals surface area contributed by atoms with E-state index in [0.29, 0.717) is 17.6 Å². The van der Waals surface area contributed by atoms with Crippen molar-refractivity contribution in [3.8, 4) is 0 Å². The van der Waals surface area contributed by atoms with Gasteiger partial charge in [-0.2, -0.15) is 5.10 Å². The summed E-state index contributed by atoms with van der Waals surface area (Å²) in [6.45, 7) is 1.40. The fourth-order valence-electron chi connectivity index (χ4n) is 2.72. The molecule has 0 aliphatic heterocycles. The molecule has 4 N–H and O–H groups in total. The number of H-pyrrole nitrogens is 1. The molecular weight excluding hydrogens is 406 g/mol. The highest BCUT2D eigenvalue weighted by Crippen LogP contribution is 2.17. The maximum atomic E-state index is 13.3. The molecule has 0 saturated heterocycles. The normalized spacial score (nSPS) is 13.0. The van der Waals surface area contributed by atoms with Crippen molar-refractivity contribution in [1.29, 1.82) is 0 Å². The number of aromatic amines is 1. The lowest BCUT2D eigenvalue weighted by Gasteiger charge is -2.16. The van der Waals surface area contributed by atoms with Crippen molar-refractivity contribution in [1.82, 2.24) is 15.5 Å². The van der Waals surface area contributed by atoms with E-state index in [-0.39, 0.29) is 5.56 Å². The van der Waals surface area contributed by atoms with Crippen molar-refractivity contribution in [2.45, 2.75) is 19.1 Å². The summed E-state index contributed by atoms with van der Waals surface area (Å²) < 4.78 is 26.6. The molecule has 3 rings (SSSR count). The van der Waals surface area contributed by atoms with Crippen LogP contribution in [0.25, 0.3) is 12.2 Å². The molecule has 7 nitrogen and oxygen atoms in total. The van der Waals surface area contributed by atoms with Crippen LogP contribution in [-0.2, 0) is 9.59 Å². The Labute approximate surface area is 176 Å². The Bertz CT molecular complexity index is 1080. The van der Waals surface area contributed by atoms with E-state index in [4.69, 9.17) is 0 Å². The summed E-state index contributed by atoms with van der Waals surface area (Å²) in [7, 11) is 0. The molecule has 0 saturated carbocycles. The highest BCUT2D eigenvalue weighted by molar-refractivity contribution is 5.97. The van der Waals surface area contributed by atoms with Crippen molar-refractivity contribution < 1.29 is 23.5 Å². The van der Waals surface area contributed by atoms with Crippen LogP contribution in [0.4, 0.5) is 14.6 Å². The first-order valence-corrected chi connectivity index (χ1v) is 9.35. The number of hydrogen-bond donors (Lipinski definition) is 4. The molecular formula is C22H20F2N4O3. The third-order valence-corrected chi connectivity index (χ3v) is 4.30. The zero-order valence-corrected chi connectivity index (χ0v) is 16.5. The summed E-state index contributed by atoms with van der Waals surface area (Å²) in [4.78, 5) is 24.5. The van der Waals surface area contributed by atoms with Gasteiger partial charge in [-0.1, -0.05) is 36.4 Å². The maximum Gasteiger partial charge on any atom is 0.254 e. The van der Waals surface area contributed by atoms with Crippen LogP contribution in [0.1, 0.15) is 29.8 Å². The molecule has 2 amide bonds. The van der Waals surface area contributed by atoms with Crippen molar-refractivity contribution >= 4 is 29.8 Å². The molecule has 0 bridgehead atoms. The van der Waals surface area contributed by atoms with Crippen LogP contribution >= 0.6 is 0 Å². The third-order valence-electron chi connectivity index (χ3n) is 4.30. The molecule has 1 heterocycles. The number of carbonyl (C=O) groups is 2. The van der Waals surface area contributed by atoms with Gasteiger partial charge in [-0.05, 0) is 36.3 Å². The average Bonchev–Trinajstić information content (AvgIpc) is 3.19. The molecule has 3 aromatic rings. The minimum absolute atomic E-state index is 0.258. The van der Waals surface area contributed by atoms with Gasteiger partial charge in [0.2, 0.25) is 5.91 Å². The number of halogens is 2. The fraction of sp³-hybridized carbons (Fsp3) is 0.136. The standard InChI is InChI=1S/C22H20F2N4O3/c1-13(25-22(31)20(29)15-9-16(23)11-17(24)10-15)21(30)26-19-12-18(27-28-19)8-7-14-5-3-2-4-6-14/h2-13,20,29H,1H3,(H,25,31)(H2,26,27,28,30)/b8-7+/t13-,20-/m0/s1. The SMILES string of the molecule is C[C@H](NC(=O)[C@@H](O)c1cc(F)cc(F)c1)C(=O)Nc1cc(/C=C/c2ccccc2)n[nH]1. The van der Waals surface area contributed by atoms with E-state index in [9.17, 15) is 23.5 Å². The largest absolute Gasteiger partial charge is 0.378 e. The second kappa shape index (κ2) is 9.77. The molecule has 160 valence electrons. The zero-order valence-electron chi connectivity index (χ0n) is 16.5. The van der Waals surface area contributed by atoms with Gasteiger partial charge in [0.1, 0.15) is 23.5 Å². The first-order valence-electron chi connectivity index (χ1n) is 9.35. The van der Waals surface area contributed by atoms with E-state index >= 15 is 0 Å². The Hall–Kier alpha value is -3.85. The van der Waals surface area contributed by atoms with E-state index in [0.717, 1.165) is 17.7 Å². The van der Waals surface area contributed by atoms with E-state index < -0.39 is 35.6 Å². The lowest BCUT2D eigenvalue weighted by molar-refractivity contribution is -0.132. The van der Waals surface area contributed by atoms with Gasteiger partial charge >= 0.3 is 0 Å². The molecule has 9 heteroatoms. The Morgan fingerprint density at radius 1 is 1.03 bits per heavy atom. The smallest absolute Gasteiger partial charge is 0.254 e. The monoisotopic (exact) mass is 426 g/mol. The van der Waals surface area contributed by atoms with Gasteiger partial charge in [-0.25, -0.2) is 8.78 Å². The zero-order chi connectivity index (χ0) is 22.4. The molecule has 2 atom stereocenters. The molecule has 1 aromatic heterocycles. The number of amides is 2. The number of anilines is 1. The van der Waals surface area contributed by atoms with Gasteiger partial charge in [0.25, 0.3) is 5.91 Å².